The number of nitrogens with zero attached hydrogens (tertiary/aromatic N) is 2. The van der Waals surface area contributed by atoms with Crippen molar-refractivity contribution in [2.24, 2.45) is 0 Å². The molecule has 0 bridgehead atoms. The Balaban J connectivity index is 2.95. The zero-order valence-corrected chi connectivity index (χ0v) is 6.59. The van der Waals surface area contributed by atoms with Crippen molar-refractivity contribution in [1.82, 2.24) is 15.2 Å². The topological polar surface area (TPSA) is 41.6 Å². The molecule has 10 heavy (non-hydrogen) atoms. The third-order valence-electron chi connectivity index (χ3n) is 1.33. The summed E-state index contributed by atoms with van der Waals surface area (Å²) in [5, 5.41) is 8.65. The lowest BCUT2D eigenvalue weighted by atomic mass is 10.4. The van der Waals surface area contributed by atoms with Crippen LogP contribution in [0.15, 0.2) is 23.1 Å². The van der Waals surface area contributed by atoms with E-state index >= 15 is 0 Å². The van der Waals surface area contributed by atoms with Crippen LogP contribution in [0.2, 0.25) is 0 Å². The predicted octanol–water partition coefficient (Wildman–Crippen LogP) is 1.72. The zero-order valence-electron chi connectivity index (χ0n) is 5.00. The van der Waals surface area contributed by atoms with Crippen LogP contribution in [0.25, 0.3) is 10.9 Å². The van der Waals surface area contributed by atoms with Crippen LogP contribution >= 0.6 is 15.9 Å². The van der Waals surface area contributed by atoms with Gasteiger partial charge in [-0.05, 0) is 22.0 Å². The SMILES string of the molecule is Brc1nncc2[nH]ccc12. The second-order valence-electron chi connectivity index (χ2n) is 1.94. The maximum absolute atomic E-state index is 3.83. The maximum Gasteiger partial charge on any atom is 0.138 e. The second kappa shape index (κ2) is 2.05. The van der Waals surface area contributed by atoms with Crippen molar-refractivity contribution in [3.05, 3.63) is 23.1 Å². The Hall–Kier alpha value is -0.900. The molecule has 3 nitrogen and oxygen atoms in total. The summed E-state index contributed by atoms with van der Waals surface area (Å²) in [6, 6.07) is 1.95. The summed E-state index contributed by atoms with van der Waals surface area (Å²) in [6.07, 6.45) is 3.55. The Kier molecular flexibility index (Phi) is 1.20. The molecule has 0 saturated heterocycles. The molecule has 4 heteroatoms. The van der Waals surface area contributed by atoms with Crippen molar-refractivity contribution >= 4 is 26.8 Å². The Bertz CT molecular complexity index is 355. The molecule has 0 fully saturated rings. The fourth-order valence-corrected chi connectivity index (χ4v) is 1.30. The molecule has 2 rings (SSSR count). The van der Waals surface area contributed by atoms with Gasteiger partial charge in [-0.1, -0.05) is 0 Å². The first-order chi connectivity index (χ1) is 4.88. The Morgan fingerprint density at radius 1 is 1.50 bits per heavy atom. The van der Waals surface area contributed by atoms with Crippen LogP contribution in [0.4, 0.5) is 0 Å². The number of hydrogen-bond donors (Lipinski definition) is 1. The molecule has 2 aromatic heterocycles. The summed E-state index contributed by atoms with van der Waals surface area (Å²) in [4.78, 5) is 3.03. The molecular weight excluding hydrogens is 194 g/mol. The first kappa shape index (κ1) is 5.85. The van der Waals surface area contributed by atoms with E-state index in [4.69, 9.17) is 0 Å². The summed E-state index contributed by atoms with van der Waals surface area (Å²) in [5.41, 5.74) is 1.00. The highest BCUT2D eigenvalue weighted by atomic mass is 79.9. The highest BCUT2D eigenvalue weighted by Gasteiger charge is 1.98. The van der Waals surface area contributed by atoms with Gasteiger partial charge in [0.25, 0.3) is 0 Å². The molecule has 1 N–H and O–H groups in total. The summed E-state index contributed by atoms with van der Waals surface area (Å²) in [5.74, 6) is 0. The average molecular weight is 198 g/mol. The lowest BCUT2D eigenvalue weighted by Crippen LogP contribution is -1.80. The highest BCUT2D eigenvalue weighted by molar-refractivity contribution is 9.10. The molecule has 0 saturated carbocycles. The third-order valence-corrected chi connectivity index (χ3v) is 1.92. The van der Waals surface area contributed by atoms with Gasteiger partial charge in [0.1, 0.15) is 4.60 Å². The van der Waals surface area contributed by atoms with Crippen LogP contribution in [0.1, 0.15) is 0 Å². The van der Waals surface area contributed by atoms with Crippen molar-refractivity contribution in [2.75, 3.05) is 0 Å². The number of halogens is 1. The number of nitrogens with one attached hydrogen (secondary N) is 1. The van der Waals surface area contributed by atoms with Gasteiger partial charge >= 0.3 is 0 Å². The van der Waals surface area contributed by atoms with E-state index in [2.05, 4.69) is 31.1 Å². The second-order valence-corrected chi connectivity index (χ2v) is 2.69. The van der Waals surface area contributed by atoms with Crippen molar-refractivity contribution < 1.29 is 0 Å². The lowest BCUT2D eigenvalue weighted by molar-refractivity contribution is 1.02. The van der Waals surface area contributed by atoms with E-state index in [1.54, 1.807) is 6.20 Å². The number of fused-ring (bicyclic) bond motifs is 1. The molecule has 50 valence electrons. The Labute approximate surface area is 65.6 Å². The van der Waals surface area contributed by atoms with Crippen LogP contribution in [0, 0.1) is 0 Å². The van der Waals surface area contributed by atoms with Gasteiger partial charge in [-0.2, -0.15) is 5.10 Å². The molecule has 0 unspecified atom stereocenters. The van der Waals surface area contributed by atoms with Crippen molar-refractivity contribution in [3.8, 4) is 0 Å². The summed E-state index contributed by atoms with van der Waals surface area (Å²) >= 11 is 3.28. The van der Waals surface area contributed by atoms with Gasteiger partial charge < -0.3 is 4.98 Å². The van der Waals surface area contributed by atoms with Crippen LogP contribution in [-0.4, -0.2) is 15.2 Å². The minimum atomic E-state index is 0.784. The molecule has 0 aliphatic carbocycles. The van der Waals surface area contributed by atoms with Gasteiger partial charge in [-0.3, -0.25) is 0 Å². The maximum atomic E-state index is 3.83. The minimum absolute atomic E-state index is 0.784. The van der Waals surface area contributed by atoms with E-state index in [1.807, 2.05) is 12.3 Å². The van der Waals surface area contributed by atoms with Crippen LogP contribution in [0.5, 0.6) is 0 Å². The quantitative estimate of drug-likeness (QED) is 0.700. The smallest absolute Gasteiger partial charge is 0.138 e. The Morgan fingerprint density at radius 2 is 2.40 bits per heavy atom. The third kappa shape index (κ3) is 0.724. The molecule has 0 aromatic carbocycles. The van der Waals surface area contributed by atoms with Crippen molar-refractivity contribution in [3.63, 3.8) is 0 Å². The predicted molar refractivity (Wildman–Crippen MR) is 41.6 cm³/mol. The first-order valence-corrected chi connectivity index (χ1v) is 3.61. The van der Waals surface area contributed by atoms with Gasteiger partial charge in [0.2, 0.25) is 0 Å². The van der Waals surface area contributed by atoms with Crippen LogP contribution in [-0.2, 0) is 0 Å². The van der Waals surface area contributed by atoms with Crippen molar-refractivity contribution in [1.29, 1.82) is 0 Å². The fraction of sp³-hybridized carbons (Fsp3) is 0. The number of rotatable bonds is 0. The van der Waals surface area contributed by atoms with Gasteiger partial charge in [-0.15, -0.1) is 5.10 Å². The molecular formula is C6H4BrN3. The lowest BCUT2D eigenvalue weighted by Gasteiger charge is -1.88. The minimum Gasteiger partial charge on any atom is -0.360 e. The first-order valence-electron chi connectivity index (χ1n) is 2.82. The molecule has 0 aliphatic heterocycles. The average Bonchev–Trinajstić information content (AvgIpc) is 2.36. The van der Waals surface area contributed by atoms with E-state index in [0.29, 0.717) is 0 Å². The number of aromatic nitrogens is 3. The number of aromatic amines is 1. The summed E-state index contributed by atoms with van der Waals surface area (Å²) < 4.78 is 0.784. The van der Waals surface area contributed by atoms with Crippen LogP contribution < -0.4 is 0 Å². The van der Waals surface area contributed by atoms with E-state index in [9.17, 15) is 0 Å². The highest BCUT2D eigenvalue weighted by Crippen LogP contribution is 2.17. The number of hydrogen-bond acceptors (Lipinski definition) is 2. The van der Waals surface area contributed by atoms with E-state index < -0.39 is 0 Å². The Morgan fingerprint density at radius 3 is 3.20 bits per heavy atom. The van der Waals surface area contributed by atoms with Crippen LogP contribution in [0.3, 0.4) is 0 Å². The molecule has 0 spiro atoms. The van der Waals surface area contributed by atoms with E-state index in [-0.39, 0.29) is 0 Å². The van der Waals surface area contributed by atoms with Gasteiger partial charge in [-0.25, -0.2) is 0 Å². The normalized spacial score (nSPS) is 10.5. The molecule has 0 radical (unpaired) electrons. The molecule has 2 aromatic rings. The van der Waals surface area contributed by atoms with Gasteiger partial charge in [0.15, 0.2) is 0 Å². The monoisotopic (exact) mass is 197 g/mol. The fourth-order valence-electron chi connectivity index (χ4n) is 0.860. The van der Waals surface area contributed by atoms with Crippen molar-refractivity contribution in [2.45, 2.75) is 0 Å². The molecule has 0 amide bonds. The van der Waals surface area contributed by atoms with E-state index in [1.165, 1.54) is 0 Å². The number of H-pyrrole nitrogens is 1. The molecule has 0 atom stereocenters. The van der Waals surface area contributed by atoms with E-state index in [0.717, 1.165) is 15.5 Å². The molecule has 2 heterocycles. The summed E-state index contributed by atoms with van der Waals surface area (Å²) in [6.45, 7) is 0. The standard InChI is InChI=1S/C6H4BrN3/c7-6-4-1-2-8-5(4)3-9-10-6/h1-3,8H. The summed E-state index contributed by atoms with van der Waals surface area (Å²) in [7, 11) is 0. The van der Waals surface area contributed by atoms with Gasteiger partial charge in [0, 0.05) is 11.6 Å². The molecule has 0 aliphatic rings. The van der Waals surface area contributed by atoms with Gasteiger partial charge in [0.05, 0.1) is 11.7 Å². The largest absolute Gasteiger partial charge is 0.360 e. The zero-order chi connectivity index (χ0) is 6.97.